The molecule has 21 heavy (non-hydrogen) atoms. The highest BCUT2D eigenvalue weighted by Gasteiger charge is 2.23. The van der Waals surface area contributed by atoms with Gasteiger partial charge in [-0.05, 0) is 43.5 Å². The lowest BCUT2D eigenvalue weighted by Gasteiger charge is -2.28. The summed E-state index contributed by atoms with van der Waals surface area (Å²) in [5, 5.41) is 2.87. The van der Waals surface area contributed by atoms with E-state index in [0.29, 0.717) is 28.9 Å². The van der Waals surface area contributed by atoms with Crippen LogP contribution >= 0.6 is 0 Å². The molecule has 0 bridgehead atoms. The molecule has 0 radical (unpaired) electrons. The normalized spacial score (nSPS) is 14.5. The number of hydrogen-bond donors (Lipinski definition) is 2. The number of aromatic nitrogens is 1. The second kappa shape index (κ2) is 5.52. The fourth-order valence-corrected chi connectivity index (χ4v) is 2.53. The Kier molecular flexibility index (Phi) is 3.56. The first-order chi connectivity index (χ1) is 10.2. The van der Waals surface area contributed by atoms with Gasteiger partial charge in [0.05, 0.1) is 18.5 Å². The van der Waals surface area contributed by atoms with Gasteiger partial charge in [0.1, 0.15) is 11.4 Å². The Bertz CT molecular complexity index is 659. The molecule has 5 nitrogen and oxygen atoms in total. The molecule has 1 saturated carbocycles. The van der Waals surface area contributed by atoms with Gasteiger partial charge in [0, 0.05) is 18.3 Å². The first-order valence-electron chi connectivity index (χ1n) is 7.11. The average Bonchev–Trinajstić information content (AvgIpc) is 2.88. The third kappa shape index (κ3) is 2.59. The summed E-state index contributed by atoms with van der Waals surface area (Å²) in [5.74, 6) is 0.515. The van der Waals surface area contributed by atoms with Crippen LogP contribution in [0.5, 0.6) is 5.75 Å². The molecule has 0 unspecified atom stereocenters. The summed E-state index contributed by atoms with van der Waals surface area (Å²) in [6.45, 7) is 0. The number of amides is 1. The molecule has 0 aliphatic heterocycles. The number of nitrogens with two attached hydrogens (primary N) is 1. The van der Waals surface area contributed by atoms with Crippen molar-refractivity contribution >= 4 is 17.3 Å². The van der Waals surface area contributed by atoms with Crippen LogP contribution in [0.4, 0.5) is 11.4 Å². The van der Waals surface area contributed by atoms with Crippen molar-refractivity contribution in [3.8, 4) is 5.75 Å². The molecule has 3 rings (SSSR count). The molecule has 0 atom stereocenters. The molecule has 0 spiro atoms. The minimum Gasteiger partial charge on any atom is -0.497 e. The molecule has 1 fully saturated rings. The number of ether oxygens (including phenoxy) is 1. The quantitative estimate of drug-likeness (QED) is 0.848. The fourth-order valence-electron chi connectivity index (χ4n) is 2.53. The summed E-state index contributed by atoms with van der Waals surface area (Å²) >= 11 is 0. The lowest BCUT2D eigenvalue weighted by Crippen LogP contribution is -2.23. The van der Waals surface area contributed by atoms with E-state index in [9.17, 15) is 4.79 Å². The molecule has 1 aromatic heterocycles. The minimum absolute atomic E-state index is 0.146. The summed E-state index contributed by atoms with van der Waals surface area (Å²) in [6, 6.07) is 9.40. The smallest absolute Gasteiger partial charge is 0.272 e. The lowest BCUT2D eigenvalue weighted by atomic mass is 9.93. The van der Waals surface area contributed by atoms with Gasteiger partial charge in [-0.15, -0.1) is 0 Å². The highest BCUT2D eigenvalue weighted by atomic mass is 16.5. The van der Waals surface area contributed by atoms with Gasteiger partial charge in [0.25, 0.3) is 5.91 Å². The van der Waals surface area contributed by atoms with E-state index in [0.717, 1.165) is 12.8 Å². The van der Waals surface area contributed by atoms with Crippen LogP contribution in [0.1, 0.15) is 35.8 Å². The Morgan fingerprint density at radius 1 is 1.38 bits per heavy atom. The van der Waals surface area contributed by atoms with E-state index in [2.05, 4.69) is 9.88 Å². The molecule has 3 N–H and O–H groups in total. The van der Waals surface area contributed by atoms with E-state index in [-0.39, 0.29) is 5.91 Å². The van der Waals surface area contributed by atoms with Crippen LogP contribution < -0.4 is 15.8 Å². The molecular formula is C16H19N3O2. The van der Waals surface area contributed by atoms with Crippen molar-refractivity contribution < 1.29 is 9.53 Å². The lowest BCUT2D eigenvalue weighted by molar-refractivity contribution is 0.101. The predicted molar refractivity (Wildman–Crippen MR) is 82.7 cm³/mol. The standard InChI is InChI=1S/C16H19N3O2/c1-21-12-7-8-13(17)14(10-12)18-16(20)15-6-3-9-19(15)11-4-2-5-11/h3,6-11H,2,4-5,17H2,1H3,(H,18,20). The first kappa shape index (κ1) is 13.5. The van der Waals surface area contributed by atoms with E-state index in [1.807, 2.05) is 18.3 Å². The number of rotatable bonds is 4. The molecule has 1 aliphatic rings. The number of nitrogen functional groups attached to an aromatic ring is 1. The number of nitrogens with zero attached hydrogens (tertiary/aromatic N) is 1. The molecule has 5 heteroatoms. The van der Waals surface area contributed by atoms with Crippen molar-refractivity contribution in [1.29, 1.82) is 0 Å². The maximum absolute atomic E-state index is 12.5. The highest BCUT2D eigenvalue weighted by molar-refractivity contribution is 6.05. The van der Waals surface area contributed by atoms with Crippen LogP contribution in [0.15, 0.2) is 36.5 Å². The van der Waals surface area contributed by atoms with Crippen molar-refractivity contribution in [2.24, 2.45) is 0 Å². The number of anilines is 2. The van der Waals surface area contributed by atoms with Gasteiger partial charge >= 0.3 is 0 Å². The van der Waals surface area contributed by atoms with Gasteiger partial charge in [-0.2, -0.15) is 0 Å². The van der Waals surface area contributed by atoms with Gasteiger partial charge in [-0.25, -0.2) is 0 Å². The van der Waals surface area contributed by atoms with E-state index in [1.165, 1.54) is 6.42 Å². The first-order valence-corrected chi connectivity index (χ1v) is 7.11. The molecule has 2 aromatic rings. The van der Waals surface area contributed by atoms with Crippen molar-refractivity contribution in [2.75, 3.05) is 18.2 Å². The van der Waals surface area contributed by atoms with Crippen molar-refractivity contribution in [2.45, 2.75) is 25.3 Å². The van der Waals surface area contributed by atoms with E-state index >= 15 is 0 Å². The van der Waals surface area contributed by atoms with E-state index < -0.39 is 0 Å². The molecule has 1 amide bonds. The van der Waals surface area contributed by atoms with Crippen LogP contribution in [0.2, 0.25) is 0 Å². The molecule has 1 aromatic carbocycles. The number of nitrogens with one attached hydrogen (secondary N) is 1. The van der Waals surface area contributed by atoms with Crippen LogP contribution in [0, 0.1) is 0 Å². The number of benzene rings is 1. The number of carbonyl (C=O) groups is 1. The summed E-state index contributed by atoms with van der Waals surface area (Å²) in [4.78, 5) is 12.5. The zero-order valence-corrected chi connectivity index (χ0v) is 12.0. The predicted octanol–water partition coefficient (Wildman–Crippen LogP) is 3.06. The summed E-state index contributed by atoms with van der Waals surface area (Å²) in [5.41, 5.74) is 7.66. The second-order valence-electron chi connectivity index (χ2n) is 5.29. The van der Waals surface area contributed by atoms with Gasteiger partial charge in [0.15, 0.2) is 0 Å². The Morgan fingerprint density at radius 2 is 2.19 bits per heavy atom. The zero-order chi connectivity index (χ0) is 14.8. The maximum atomic E-state index is 12.5. The Morgan fingerprint density at radius 3 is 2.86 bits per heavy atom. The summed E-state index contributed by atoms with van der Waals surface area (Å²) in [6.07, 6.45) is 5.47. The molecule has 110 valence electrons. The van der Waals surface area contributed by atoms with Gasteiger partial charge in [-0.3, -0.25) is 4.79 Å². The number of methoxy groups -OCH3 is 1. The van der Waals surface area contributed by atoms with Gasteiger partial charge in [-0.1, -0.05) is 0 Å². The van der Waals surface area contributed by atoms with Crippen LogP contribution in [-0.4, -0.2) is 17.6 Å². The Labute approximate surface area is 123 Å². The number of hydrogen-bond acceptors (Lipinski definition) is 3. The van der Waals surface area contributed by atoms with Crippen molar-refractivity contribution in [3.05, 3.63) is 42.2 Å². The zero-order valence-electron chi connectivity index (χ0n) is 12.0. The summed E-state index contributed by atoms with van der Waals surface area (Å²) in [7, 11) is 1.58. The van der Waals surface area contributed by atoms with Crippen LogP contribution in [-0.2, 0) is 0 Å². The molecule has 1 heterocycles. The third-order valence-corrected chi connectivity index (χ3v) is 3.99. The molecule has 1 aliphatic carbocycles. The largest absolute Gasteiger partial charge is 0.497 e. The maximum Gasteiger partial charge on any atom is 0.272 e. The van der Waals surface area contributed by atoms with Crippen molar-refractivity contribution in [3.63, 3.8) is 0 Å². The SMILES string of the molecule is COc1ccc(N)c(NC(=O)c2cccn2C2CCC2)c1. The van der Waals surface area contributed by atoms with Gasteiger partial charge in [0.2, 0.25) is 0 Å². The molecular weight excluding hydrogens is 266 g/mol. The van der Waals surface area contributed by atoms with E-state index in [1.54, 1.807) is 25.3 Å². The topological polar surface area (TPSA) is 69.3 Å². The highest BCUT2D eigenvalue weighted by Crippen LogP contribution is 2.33. The van der Waals surface area contributed by atoms with Gasteiger partial charge < -0.3 is 20.4 Å². The monoisotopic (exact) mass is 285 g/mol. The van der Waals surface area contributed by atoms with E-state index in [4.69, 9.17) is 10.5 Å². The molecule has 0 saturated heterocycles. The summed E-state index contributed by atoms with van der Waals surface area (Å²) < 4.78 is 7.21. The van der Waals surface area contributed by atoms with Crippen LogP contribution in [0.25, 0.3) is 0 Å². The number of carbonyl (C=O) groups excluding carboxylic acids is 1. The minimum atomic E-state index is -0.146. The Balaban J connectivity index is 1.82. The third-order valence-electron chi connectivity index (χ3n) is 3.99. The fraction of sp³-hybridized carbons (Fsp3) is 0.312. The average molecular weight is 285 g/mol. The Hall–Kier alpha value is -2.43. The van der Waals surface area contributed by atoms with Crippen LogP contribution in [0.3, 0.4) is 0 Å². The van der Waals surface area contributed by atoms with Crippen molar-refractivity contribution in [1.82, 2.24) is 4.57 Å². The second-order valence-corrected chi connectivity index (χ2v) is 5.29.